The van der Waals surface area contributed by atoms with Crippen molar-refractivity contribution in [1.29, 1.82) is 0 Å². The molecule has 0 saturated carbocycles. The molecule has 2 amide bonds. The highest BCUT2D eigenvalue weighted by Gasteiger charge is 2.09. The van der Waals surface area contributed by atoms with Gasteiger partial charge in [-0.05, 0) is 42.0 Å². The number of carbonyl (C=O) groups is 2. The number of carbonyl (C=O) groups excluding carboxylic acids is 2. The summed E-state index contributed by atoms with van der Waals surface area (Å²) in [6.45, 7) is 1.42. The maximum atomic E-state index is 12.4. The van der Waals surface area contributed by atoms with Crippen LogP contribution in [0.1, 0.15) is 18.2 Å². The van der Waals surface area contributed by atoms with Crippen molar-refractivity contribution in [2.75, 3.05) is 17.7 Å². The van der Waals surface area contributed by atoms with Crippen LogP contribution in [-0.4, -0.2) is 28.9 Å². The fraction of sp³-hybridized carbons (Fsp3) is 0.182. The van der Waals surface area contributed by atoms with Crippen LogP contribution in [0, 0.1) is 0 Å². The van der Waals surface area contributed by atoms with Crippen molar-refractivity contribution in [2.24, 2.45) is 0 Å². The lowest BCUT2D eigenvalue weighted by molar-refractivity contribution is -0.116. The first kappa shape index (κ1) is 22.1. The number of methoxy groups -OCH3 is 1. The van der Waals surface area contributed by atoms with Gasteiger partial charge < -0.3 is 20.4 Å². The molecule has 0 atom stereocenters. The minimum atomic E-state index is -0.314. The van der Waals surface area contributed by atoms with E-state index in [-0.39, 0.29) is 23.8 Å². The Labute approximate surface area is 183 Å². The van der Waals surface area contributed by atoms with Crippen LogP contribution in [0.3, 0.4) is 0 Å². The van der Waals surface area contributed by atoms with Crippen molar-refractivity contribution in [3.63, 3.8) is 0 Å². The second-order valence-electron chi connectivity index (χ2n) is 6.67. The average molecular weight is 439 g/mol. The van der Waals surface area contributed by atoms with E-state index in [0.29, 0.717) is 28.0 Å². The number of benzene rings is 2. The van der Waals surface area contributed by atoms with Gasteiger partial charge in [-0.2, -0.15) is 0 Å². The third-order valence-electron chi connectivity index (χ3n) is 4.11. The van der Waals surface area contributed by atoms with Crippen molar-refractivity contribution < 1.29 is 14.3 Å². The molecule has 9 heteroatoms. The molecular weight excluding hydrogens is 416 g/mol. The van der Waals surface area contributed by atoms with Crippen molar-refractivity contribution in [2.45, 2.75) is 24.3 Å². The number of H-pyrrole nitrogens is 1. The lowest BCUT2D eigenvalue weighted by atomic mass is 10.2. The second-order valence-corrected chi connectivity index (χ2v) is 7.63. The first-order valence-electron chi connectivity index (χ1n) is 9.45. The van der Waals surface area contributed by atoms with Gasteiger partial charge in [-0.1, -0.05) is 23.9 Å². The van der Waals surface area contributed by atoms with Crippen LogP contribution in [0.4, 0.5) is 11.4 Å². The van der Waals surface area contributed by atoms with E-state index in [4.69, 9.17) is 4.74 Å². The van der Waals surface area contributed by atoms with E-state index >= 15 is 0 Å². The summed E-state index contributed by atoms with van der Waals surface area (Å²) >= 11 is 1.37. The smallest absolute Gasteiger partial charge is 0.251 e. The average Bonchev–Trinajstić information content (AvgIpc) is 2.73. The van der Waals surface area contributed by atoms with Gasteiger partial charge in [0.15, 0.2) is 5.16 Å². The van der Waals surface area contributed by atoms with Gasteiger partial charge in [0.1, 0.15) is 5.75 Å². The molecular formula is C22H22N4O4S. The Morgan fingerprint density at radius 2 is 1.77 bits per heavy atom. The van der Waals surface area contributed by atoms with Crippen molar-refractivity contribution in [1.82, 2.24) is 9.97 Å². The third-order valence-corrected chi connectivity index (χ3v) is 5.06. The van der Waals surface area contributed by atoms with E-state index in [2.05, 4.69) is 20.6 Å². The van der Waals surface area contributed by atoms with Crippen LogP contribution < -0.4 is 20.9 Å². The molecule has 3 rings (SSSR count). The minimum absolute atomic E-state index is 0.0376. The van der Waals surface area contributed by atoms with E-state index < -0.39 is 0 Å². The van der Waals surface area contributed by atoms with Crippen LogP contribution in [0.2, 0.25) is 0 Å². The van der Waals surface area contributed by atoms with Crippen LogP contribution in [0.5, 0.6) is 5.75 Å². The molecule has 1 aromatic heterocycles. The van der Waals surface area contributed by atoms with Crippen molar-refractivity contribution in [3.8, 4) is 5.75 Å². The number of amides is 2. The summed E-state index contributed by atoms with van der Waals surface area (Å²) in [5, 5.41) is 5.86. The van der Waals surface area contributed by atoms with Gasteiger partial charge in [-0.3, -0.25) is 14.4 Å². The fourth-order valence-corrected chi connectivity index (χ4v) is 3.60. The molecule has 1 heterocycles. The highest BCUT2D eigenvalue weighted by molar-refractivity contribution is 7.98. The molecule has 8 nitrogen and oxygen atoms in total. The number of ether oxygens (including phenoxy) is 1. The quantitative estimate of drug-likeness (QED) is 0.368. The first-order chi connectivity index (χ1) is 14.9. The SMILES string of the molecule is COc1cccc(CSc2nc(CC(=O)Nc3ccc(NC(C)=O)cc3)cc(=O)[nH]2)c1. The zero-order valence-corrected chi connectivity index (χ0v) is 17.9. The number of thioether (sulfide) groups is 1. The highest BCUT2D eigenvalue weighted by Crippen LogP contribution is 2.21. The topological polar surface area (TPSA) is 113 Å². The predicted octanol–water partition coefficient (Wildman–Crippen LogP) is 3.21. The largest absolute Gasteiger partial charge is 0.497 e. The lowest BCUT2D eigenvalue weighted by Gasteiger charge is -2.08. The Balaban J connectivity index is 1.61. The molecule has 0 bridgehead atoms. The molecule has 2 aromatic carbocycles. The maximum absolute atomic E-state index is 12.4. The first-order valence-corrected chi connectivity index (χ1v) is 10.4. The van der Waals surface area contributed by atoms with Gasteiger partial charge in [0.25, 0.3) is 5.56 Å². The molecule has 0 spiro atoms. The van der Waals surface area contributed by atoms with Gasteiger partial charge >= 0.3 is 0 Å². The van der Waals surface area contributed by atoms with E-state index in [1.54, 1.807) is 31.4 Å². The Hall–Kier alpha value is -3.59. The molecule has 3 aromatic rings. The standard InChI is InChI=1S/C22H22N4O4S/c1-14(27)23-16-6-8-17(9-7-16)24-20(28)11-18-12-21(29)26-22(25-18)31-13-15-4-3-5-19(10-15)30-2/h3-10,12H,11,13H2,1-2H3,(H,23,27)(H,24,28)(H,25,26,29). The Kier molecular flexibility index (Phi) is 7.45. The molecule has 3 N–H and O–H groups in total. The number of nitrogens with zero attached hydrogens (tertiary/aromatic N) is 1. The van der Waals surface area contributed by atoms with E-state index in [0.717, 1.165) is 11.3 Å². The molecule has 0 aliphatic carbocycles. The van der Waals surface area contributed by atoms with Crippen LogP contribution in [-0.2, 0) is 21.8 Å². The summed E-state index contributed by atoms with van der Waals surface area (Å²) in [7, 11) is 1.61. The highest BCUT2D eigenvalue weighted by atomic mass is 32.2. The summed E-state index contributed by atoms with van der Waals surface area (Å²) < 4.78 is 5.22. The van der Waals surface area contributed by atoms with E-state index in [9.17, 15) is 14.4 Å². The molecule has 0 saturated heterocycles. The fourth-order valence-electron chi connectivity index (χ4n) is 2.77. The number of nitrogens with one attached hydrogen (secondary N) is 3. The number of anilines is 2. The molecule has 0 fully saturated rings. The molecule has 160 valence electrons. The normalized spacial score (nSPS) is 10.4. The van der Waals surface area contributed by atoms with Crippen molar-refractivity contribution in [3.05, 3.63) is 76.2 Å². The summed E-state index contributed by atoms with van der Waals surface area (Å²) in [5.74, 6) is 0.887. The zero-order valence-electron chi connectivity index (χ0n) is 17.1. The summed E-state index contributed by atoms with van der Waals surface area (Å²) in [4.78, 5) is 42.5. The molecule has 31 heavy (non-hydrogen) atoms. The number of rotatable bonds is 8. The van der Waals surface area contributed by atoms with Crippen molar-refractivity contribution >= 4 is 35.0 Å². The Morgan fingerprint density at radius 3 is 2.45 bits per heavy atom. The molecule has 0 unspecified atom stereocenters. The van der Waals surface area contributed by atoms with E-state index in [1.165, 1.54) is 24.8 Å². The Bertz CT molecular complexity index is 1130. The minimum Gasteiger partial charge on any atom is -0.497 e. The molecule has 0 aliphatic rings. The summed E-state index contributed by atoms with van der Waals surface area (Å²) in [5.41, 5.74) is 2.31. The number of aromatic amines is 1. The van der Waals surface area contributed by atoms with Crippen LogP contribution in [0.25, 0.3) is 0 Å². The summed E-state index contributed by atoms with van der Waals surface area (Å²) in [6.07, 6.45) is -0.0376. The number of hydrogen-bond acceptors (Lipinski definition) is 6. The number of hydrogen-bond donors (Lipinski definition) is 3. The van der Waals surface area contributed by atoms with Gasteiger partial charge in [0.2, 0.25) is 11.8 Å². The maximum Gasteiger partial charge on any atom is 0.251 e. The van der Waals surface area contributed by atoms with Gasteiger partial charge in [0.05, 0.1) is 19.2 Å². The summed E-state index contributed by atoms with van der Waals surface area (Å²) in [6, 6.07) is 15.7. The van der Waals surface area contributed by atoms with Crippen LogP contribution in [0.15, 0.2) is 64.5 Å². The third kappa shape index (κ3) is 7.00. The second kappa shape index (κ2) is 10.4. The number of aromatic nitrogens is 2. The molecule has 0 aliphatic heterocycles. The van der Waals surface area contributed by atoms with Crippen LogP contribution >= 0.6 is 11.8 Å². The monoisotopic (exact) mass is 438 g/mol. The zero-order chi connectivity index (χ0) is 22.2. The van der Waals surface area contributed by atoms with Gasteiger partial charge in [-0.15, -0.1) is 0 Å². The van der Waals surface area contributed by atoms with Gasteiger partial charge in [-0.25, -0.2) is 4.98 Å². The van der Waals surface area contributed by atoms with Gasteiger partial charge in [0, 0.05) is 30.1 Å². The Morgan fingerprint density at radius 1 is 1.06 bits per heavy atom. The predicted molar refractivity (Wildman–Crippen MR) is 120 cm³/mol. The lowest BCUT2D eigenvalue weighted by Crippen LogP contribution is -2.18. The van der Waals surface area contributed by atoms with E-state index in [1.807, 2.05) is 24.3 Å². The molecule has 0 radical (unpaired) electrons.